The lowest BCUT2D eigenvalue weighted by Gasteiger charge is -2.30. The van der Waals surface area contributed by atoms with Gasteiger partial charge in [-0.1, -0.05) is 13.0 Å². The van der Waals surface area contributed by atoms with Crippen LogP contribution in [0.3, 0.4) is 0 Å². The molecule has 2 atom stereocenters. The maximum atomic E-state index is 12.6. The molecule has 140 valence electrons. The van der Waals surface area contributed by atoms with Gasteiger partial charge in [-0.3, -0.25) is 4.79 Å². The van der Waals surface area contributed by atoms with Crippen molar-refractivity contribution in [2.45, 2.75) is 50.1 Å². The van der Waals surface area contributed by atoms with Crippen LogP contribution in [0.2, 0.25) is 0 Å². The number of piperidine rings is 1. The minimum absolute atomic E-state index is 0. The van der Waals surface area contributed by atoms with E-state index in [0.29, 0.717) is 11.5 Å². The fraction of sp³-hybridized carbons (Fsp3) is 0.588. The van der Waals surface area contributed by atoms with Crippen LogP contribution in [-0.4, -0.2) is 39.5 Å². The van der Waals surface area contributed by atoms with Crippen molar-refractivity contribution in [3.63, 3.8) is 0 Å². The maximum absolute atomic E-state index is 12.6. The smallest absolute Gasteiger partial charge is 0.251 e. The molecule has 2 unspecified atom stereocenters. The number of rotatable bonds is 5. The van der Waals surface area contributed by atoms with Gasteiger partial charge in [0.25, 0.3) is 5.91 Å². The lowest BCUT2D eigenvalue weighted by molar-refractivity contribution is 0.0913. The molecule has 1 aromatic rings. The van der Waals surface area contributed by atoms with Gasteiger partial charge >= 0.3 is 0 Å². The predicted octanol–water partition coefficient (Wildman–Crippen LogP) is 1.59. The first-order valence-corrected chi connectivity index (χ1v) is 10.00. The molecule has 3 rings (SSSR count). The van der Waals surface area contributed by atoms with E-state index in [-0.39, 0.29) is 35.3 Å². The van der Waals surface area contributed by atoms with Gasteiger partial charge in [0.05, 0.1) is 4.90 Å². The molecule has 1 saturated carbocycles. The molecule has 3 N–H and O–H groups in total. The molecule has 1 aromatic carbocycles. The number of carbonyl (C=O) groups is 1. The van der Waals surface area contributed by atoms with Crippen LogP contribution in [0.4, 0.5) is 0 Å². The zero-order chi connectivity index (χ0) is 17.3. The van der Waals surface area contributed by atoms with Crippen LogP contribution in [0.1, 0.15) is 42.1 Å². The second-order valence-corrected chi connectivity index (χ2v) is 8.64. The average molecular weight is 388 g/mol. The number of amides is 1. The Kier molecular flexibility index (Phi) is 6.48. The summed E-state index contributed by atoms with van der Waals surface area (Å²) in [5.41, 5.74) is 1.21. The average Bonchev–Trinajstić information content (AvgIpc) is 3.33. The summed E-state index contributed by atoms with van der Waals surface area (Å²) in [4.78, 5) is 12.8. The number of sulfonamides is 1. The predicted molar refractivity (Wildman–Crippen MR) is 99.7 cm³/mol. The summed E-state index contributed by atoms with van der Waals surface area (Å²) in [6.45, 7) is 5.69. The third-order valence-corrected chi connectivity index (χ3v) is 6.28. The first-order chi connectivity index (χ1) is 11.4. The Hall–Kier alpha value is -1.15. The van der Waals surface area contributed by atoms with Gasteiger partial charge in [0.2, 0.25) is 10.0 Å². The van der Waals surface area contributed by atoms with E-state index in [1.165, 1.54) is 6.07 Å². The van der Waals surface area contributed by atoms with Gasteiger partial charge < -0.3 is 10.6 Å². The highest BCUT2D eigenvalue weighted by atomic mass is 35.5. The van der Waals surface area contributed by atoms with Gasteiger partial charge in [-0.15, -0.1) is 12.4 Å². The van der Waals surface area contributed by atoms with Gasteiger partial charge in [0, 0.05) is 17.6 Å². The lowest BCUT2D eigenvalue weighted by atomic mass is 9.95. The molecule has 8 heteroatoms. The standard InChI is InChI=1S/C17H25N3O3S.ClH/c1-11-3-6-14(24(22,23)20-13-4-5-13)9-15(11)17(21)19-16-7-8-18-10-12(16)2;/h3,6,9,12-13,16,18,20H,4-5,7-8,10H2,1-2H3,(H,19,21);1H. The molecular formula is C17H26ClN3O3S. The van der Waals surface area contributed by atoms with Gasteiger partial charge in [0.15, 0.2) is 0 Å². The molecule has 0 radical (unpaired) electrons. The summed E-state index contributed by atoms with van der Waals surface area (Å²) in [7, 11) is -3.55. The van der Waals surface area contributed by atoms with Crippen LogP contribution in [0.25, 0.3) is 0 Å². The van der Waals surface area contributed by atoms with E-state index in [2.05, 4.69) is 22.3 Å². The molecule has 1 heterocycles. The van der Waals surface area contributed by atoms with Crippen LogP contribution in [-0.2, 0) is 10.0 Å². The second kappa shape index (κ2) is 8.03. The molecule has 2 aliphatic rings. The molecule has 0 bridgehead atoms. The van der Waals surface area contributed by atoms with Crippen LogP contribution >= 0.6 is 12.4 Å². The van der Waals surface area contributed by atoms with Crippen LogP contribution in [0.15, 0.2) is 23.1 Å². The third-order valence-electron chi connectivity index (χ3n) is 4.76. The zero-order valence-electron chi connectivity index (χ0n) is 14.5. The quantitative estimate of drug-likeness (QED) is 0.715. The van der Waals surface area contributed by atoms with E-state index in [9.17, 15) is 13.2 Å². The topological polar surface area (TPSA) is 87.3 Å². The van der Waals surface area contributed by atoms with Crippen molar-refractivity contribution in [2.75, 3.05) is 13.1 Å². The van der Waals surface area contributed by atoms with Gasteiger partial charge in [-0.2, -0.15) is 0 Å². The third kappa shape index (κ3) is 4.94. The SMILES string of the molecule is Cc1ccc(S(=O)(=O)NC2CC2)cc1C(=O)NC1CCNCC1C.Cl. The number of aryl methyl sites for hydroxylation is 1. The molecule has 1 amide bonds. The van der Waals surface area contributed by atoms with E-state index in [1.54, 1.807) is 12.1 Å². The highest BCUT2D eigenvalue weighted by Gasteiger charge is 2.29. The molecule has 1 aliphatic carbocycles. The fourth-order valence-electron chi connectivity index (χ4n) is 2.98. The Morgan fingerprint density at radius 3 is 2.60 bits per heavy atom. The molecule has 0 spiro atoms. The molecular weight excluding hydrogens is 362 g/mol. The van der Waals surface area contributed by atoms with Crippen molar-refractivity contribution in [3.05, 3.63) is 29.3 Å². The zero-order valence-corrected chi connectivity index (χ0v) is 16.2. The van der Waals surface area contributed by atoms with E-state index in [4.69, 9.17) is 0 Å². The van der Waals surface area contributed by atoms with Crippen molar-refractivity contribution in [1.82, 2.24) is 15.4 Å². The van der Waals surface area contributed by atoms with Gasteiger partial charge in [-0.05, 0) is 62.9 Å². The van der Waals surface area contributed by atoms with Crippen molar-refractivity contribution in [2.24, 2.45) is 5.92 Å². The van der Waals surface area contributed by atoms with Crippen molar-refractivity contribution < 1.29 is 13.2 Å². The Labute approximate surface area is 155 Å². The first kappa shape index (κ1) is 20.2. The highest BCUT2D eigenvalue weighted by molar-refractivity contribution is 7.89. The summed E-state index contributed by atoms with van der Waals surface area (Å²) in [6.07, 6.45) is 2.64. The summed E-state index contributed by atoms with van der Waals surface area (Å²) in [5, 5.41) is 6.37. The molecule has 1 saturated heterocycles. The second-order valence-electron chi connectivity index (χ2n) is 6.92. The maximum Gasteiger partial charge on any atom is 0.251 e. The first-order valence-electron chi connectivity index (χ1n) is 8.51. The van der Waals surface area contributed by atoms with Crippen LogP contribution < -0.4 is 15.4 Å². The summed E-state index contributed by atoms with van der Waals surface area (Å²) >= 11 is 0. The Balaban J connectivity index is 0.00000225. The van der Waals surface area contributed by atoms with Crippen LogP contribution in [0.5, 0.6) is 0 Å². The largest absolute Gasteiger partial charge is 0.349 e. The number of benzene rings is 1. The molecule has 0 aromatic heterocycles. The number of halogens is 1. The molecule has 2 fully saturated rings. The Morgan fingerprint density at radius 2 is 1.96 bits per heavy atom. The summed E-state index contributed by atoms with van der Waals surface area (Å²) < 4.78 is 27.4. The van der Waals surface area contributed by atoms with Crippen LogP contribution in [0, 0.1) is 12.8 Å². The van der Waals surface area contributed by atoms with E-state index in [0.717, 1.165) is 37.9 Å². The summed E-state index contributed by atoms with van der Waals surface area (Å²) in [5.74, 6) is 0.154. The van der Waals surface area contributed by atoms with Gasteiger partial charge in [0.1, 0.15) is 0 Å². The van der Waals surface area contributed by atoms with E-state index >= 15 is 0 Å². The molecule has 25 heavy (non-hydrogen) atoms. The lowest BCUT2D eigenvalue weighted by Crippen LogP contribution is -2.48. The Morgan fingerprint density at radius 1 is 1.24 bits per heavy atom. The van der Waals surface area contributed by atoms with Crippen molar-refractivity contribution >= 4 is 28.3 Å². The molecule has 1 aliphatic heterocycles. The normalized spacial score (nSPS) is 23.6. The minimum atomic E-state index is -3.55. The Bertz CT molecular complexity index is 735. The number of nitrogens with one attached hydrogen (secondary N) is 3. The monoisotopic (exact) mass is 387 g/mol. The van der Waals surface area contributed by atoms with Crippen molar-refractivity contribution in [3.8, 4) is 0 Å². The number of hydrogen-bond donors (Lipinski definition) is 3. The summed E-state index contributed by atoms with van der Waals surface area (Å²) in [6, 6.07) is 4.90. The minimum Gasteiger partial charge on any atom is -0.349 e. The number of carbonyl (C=O) groups excluding carboxylic acids is 1. The van der Waals surface area contributed by atoms with E-state index in [1.807, 2.05) is 6.92 Å². The van der Waals surface area contributed by atoms with Gasteiger partial charge in [-0.25, -0.2) is 13.1 Å². The number of hydrogen-bond acceptors (Lipinski definition) is 4. The van der Waals surface area contributed by atoms with E-state index < -0.39 is 10.0 Å². The fourth-order valence-corrected chi connectivity index (χ4v) is 4.31. The molecule has 6 nitrogen and oxygen atoms in total. The highest BCUT2D eigenvalue weighted by Crippen LogP contribution is 2.23. The van der Waals surface area contributed by atoms with Crippen molar-refractivity contribution in [1.29, 1.82) is 0 Å².